The highest BCUT2D eigenvalue weighted by Gasteiger charge is 2.28. The summed E-state index contributed by atoms with van der Waals surface area (Å²) in [6, 6.07) is 26.2. The first-order valence-corrected chi connectivity index (χ1v) is 18.3. The maximum Gasteiger partial charge on any atom is 0.387 e. The smallest absolute Gasteiger partial charge is 0.387 e. The minimum atomic E-state index is -1.74. The SMILES string of the molecule is Cc1cc(C(C)(C)C)c2op(O[C@@H](C)CP(c3ccccc3)c3ccccc3)oc3c(C(C)(C)C)cc(C)c(C)c3c2c1C. The first kappa shape index (κ1) is 32.6. The van der Waals surface area contributed by atoms with Crippen molar-refractivity contribution in [1.29, 1.82) is 0 Å². The van der Waals surface area contributed by atoms with E-state index in [0.717, 1.165) is 28.1 Å². The number of rotatable bonds is 6. The molecule has 0 fully saturated rings. The quantitative estimate of drug-likeness (QED) is 0.176. The molecule has 0 N–H and O–H groups in total. The highest BCUT2D eigenvalue weighted by Crippen LogP contribution is 2.46. The van der Waals surface area contributed by atoms with Crippen molar-refractivity contribution in [3.05, 3.63) is 106 Å². The fraction of sp³-hybridized carbons (Fsp3) is 0.385. The predicted octanol–water partition coefficient (Wildman–Crippen LogP) is 11.1. The molecule has 5 heteroatoms. The summed E-state index contributed by atoms with van der Waals surface area (Å²) in [5.41, 5.74) is 8.91. The van der Waals surface area contributed by atoms with Gasteiger partial charge in [-0.3, -0.25) is 4.52 Å². The van der Waals surface area contributed by atoms with Crippen LogP contribution in [0.5, 0.6) is 0 Å². The monoisotopic (exact) mass is 626 g/mol. The Labute approximate surface area is 266 Å². The van der Waals surface area contributed by atoms with Crippen LogP contribution >= 0.6 is 16.2 Å². The van der Waals surface area contributed by atoms with Gasteiger partial charge in [0.15, 0.2) is 0 Å². The molecule has 0 aliphatic rings. The molecule has 0 radical (unpaired) electrons. The van der Waals surface area contributed by atoms with E-state index in [1.807, 2.05) is 0 Å². The molecule has 232 valence electrons. The van der Waals surface area contributed by atoms with Gasteiger partial charge in [-0.05, 0) is 86.2 Å². The summed E-state index contributed by atoms with van der Waals surface area (Å²) in [4.78, 5) is 0. The van der Waals surface area contributed by atoms with Crippen LogP contribution in [-0.4, -0.2) is 12.3 Å². The number of benzene rings is 4. The van der Waals surface area contributed by atoms with E-state index in [9.17, 15) is 0 Å². The van der Waals surface area contributed by atoms with E-state index in [2.05, 4.69) is 149 Å². The van der Waals surface area contributed by atoms with Crippen molar-refractivity contribution in [3.63, 3.8) is 0 Å². The van der Waals surface area contributed by atoms with E-state index in [-0.39, 0.29) is 16.9 Å². The van der Waals surface area contributed by atoms with Gasteiger partial charge in [-0.25, -0.2) is 0 Å². The third-order valence-electron chi connectivity index (χ3n) is 8.64. The van der Waals surface area contributed by atoms with Crippen molar-refractivity contribution in [2.45, 2.75) is 93.1 Å². The van der Waals surface area contributed by atoms with Gasteiger partial charge < -0.3 is 8.39 Å². The summed E-state index contributed by atoms with van der Waals surface area (Å²) in [5, 5.41) is 4.98. The van der Waals surface area contributed by atoms with Crippen LogP contribution in [0, 0.1) is 27.7 Å². The van der Waals surface area contributed by atoms with Crippen molar-refractivity contribution in [3.8, 4) is 0 Å². The molecule has 0 saturated heterocycles. The lowest BCUT2D eigenvalue weighted by Gasteiger charge is -2.23. The summed E-state index contributed by atoms with van der Waals surface area (Å²) in [6.07, 6.45) is 0.777. The lowest BCUT2D eigenvalue weighted by molar-refractivity contribution is 0.303. The zero-order valence-electron chi connectivity index (χ0n) is 28.3. The van der Waals surface area contributed by atoms with Crippen LogP contribution in [0.4, 0.5) is 0 Å². The van der Waals surface area contributed by atoms with E-state index in [0.29, 0.717) is 0 Å². The van der Waals surface area contributed by atoms with Crippen LogP contribution in [0.25, 0.3) is 21.9 Å². The highest BCUT2D eigenvalue weighted by molar-refractivity contribution is 7.73. The predicted molar refractivity (Wildman–Crippen MR) is 193 cm³/mol. The van der Waals surface area contributed by atoms with Crippen LogP contribution in [0.15, 0.2) is 81.2 Å². The zero-order chi connectivity index (χ0) is 32.0. The number of aryl methyl sites for hydroxylation is 4. The van der Waals surface area contributed by atoms with Crippen LogP contribution in [0.3, 0.4) is 0 Å². The average molecular weight is 627 g/mol. The molecule has 0 unspecified atom stereocenters. The maximum absolute atomic E-state index is 6.99. The molecule has 3 nitrogen and oxygen atoms in total. The molecule has 5 aromatic rings. The average Bonchev–Trinajstić information content (AvgIpc) is 3.12. The van der Waals surface area contributed by atoms with Gasteiger partial charge in [-0.1, -0.05) is 114 Å². The standard InChI is InChI=1S/C39H48O3P2/c1-25-22-32(38(6,7)8)36-34(28(25)4)35-29(5)26(2)23-33(39(9,10)11)37(35)42-44(41-36)40-27(3)24-43(30-18-14-12-15-19-30)31-20-16-13-17-21-31/h12-23,27H,24H2,1-11H3/t27-/m0/s1. The summed E-state index contributed by atoms with van der Waals surface area (Å²) < 4.78 is 20.8. The normalized spacial score (nSPS) is 13.2. The molecule has 44 heavy (non-hydrogen) atoms. The molecule has 1 heterocycles. The molecule has 5 rings (SSSR count). The van der Waals surface area contributed by atoms with Crippen molar-refractivity contribution in [2.24, 2.45) is 0 Å². The Morgan fingerprint density at radius 1 is 0.659 bits per heavy atom. The van der Waals surface area contributed by atoms with Gasteiger partial charge in [0, 0.05) is 28.1 Å². The molecule has 4 aromatic carbocycles. The Bertz CT molecular complexity index is 1700. The van der Waals surface area contributed by atoms with Crippen LogP contribution in [-0.2, 0) is 10.8 Å². The van der Waals surface area contributed by atoms with E-state index < -0.39 is 16.2 Å². The third kappa shape index (κ3) is 6.57. The van der Waals surface area contributed by atoms with Crippen LogP contribution in [0.2, 0.25) is 0 Å². The van der Waals surface area contributed by atoms with E-state index >= 15 is 0 Å². The molecular formula is C39H48O3P2. The lowest BCUT2D eigenvalue weighted by Crippen LogP contribution is -2.22. The molecule has 0 bridgehead atoms. The second kappa shape index (κ2) is 12.5. The minimum Gasteiger partial charge on any atom is -0.399 e. The Morgan fingerprint density at radius 3 is 1.41 bits per heavy atom. The largest absolute Gasteiger partial charge is 0.399 e. The molecule has 0 aliphatic heterocycles. The van der Waals surface area contributed by atoms with E-state index in [4.69, 9.17) is 12.9 Å². The summed E-state index contributed by atoms with van der Waals surface area (Å²) in [7, 11) is -2.36. The maximum atomic E-state index is 6.99. The van der Waals surface area contributed by atoms with Crippen molar-refractivity contribution >= 4 is 48.7 Å². The van der Waals surface area contributed by atoms with Gasteiger partial charge >= 0.3 is 8.24 Å². The lowest BCUT2D eigenvalue weighted by atomic mass is 9.81. The topological polar surface area (TPSA) is 35.5 Å². The van der Waals surface area contributed by atoms with Gasteiger partial charge in [0.2, 0.25) is 0 Å². The Hall–Kier alpha value is -2.83. The number of hydrogen-bond acceptors (Lipinski definition) is 3. The number of fused-ring (bicyclic) bond motifs is 3. The fourth-order valence-corrected chi connectivity index (χ4v) is 9.57. The number of hydrogen-bond donors (Lipinski definition) is 0. The molecule has 0 saturated carbocycles. The first-order valence-electron chi connectivity index (χ1n) is 15.7. The summed E-state index contributed by atoms with van der Waals surface area (Å²) in [6.45, 7) is 24.6. The first-order chi connectivity index (χ1) is 20.7. The molecule has 0 amide bonds. The second-order valence-corrected chi connectivity index (χ2v) is 17.5. The Kier molecular flexibility index (Phi) is 9.26. The third-order valence-corrected chi connectivity index (χ3v) is 12.6. The molecule has 0 spiro atoms. The molecule has 1 atom stereocenters. The van der Waals surface area contributed by atoms with E-state index in [1.54, 1.807) is 0 Å². The van der Waals surface area contributed by atoms with Gasteiger partial charge in [-0.15, -0.1) is 0 Å². The fourth-order valence-electron chi connectivity index (χ4n) is 5.91. The Morgan fingerprint density at radius 2 is 1.05 bits per heavy atom. The van der Waals surface area contributed by atoms with Crippen molar-refractivity contribution < 1.29 is 12.9 Å². The minimum absolute atomic E-state index is 0.0908. The van der Waals surface area contributed by atoms with Gasteiger partial charge in [0.25, 0.3) is 0 Å². The van der Waals surface area contributed by atoms with Crippen LogP contribution in [0.1, 0.15) is 81.8 Å². The van der Waals surface area contributed by atoms with Gasteiger partial charge in [0.05, 0.1) is 6.10 Å². The molecule has 0 aliphatic carbocycles. The molecule has 1 aromatic heterocycles. The van der Waals surface area contributed by atoms with Gasteiger partial charge in [0.1, 0.15) is 11.2 Å². The highest BCUT2D eigenvalue weighted by atomic mass is 31.1. The summed E-state index contributed by atoms with van der Waals surface area (Å²) in [5.74, 6) is 0. The van der Waals surface area contributed by atoms with Gasteiger partial charge in [-0.2, -0.15) is 0 Å². The van der Waals surface area contributed by atoms with Crippen LogP contribution < -0.4 is 15.1 Å². The van der Waals surface area contributed by atoms with Crippen molar-refractivity contribution in [2.75, 3.05) is 6.16 Å². The molecular weight excluding hydrogens is 578 g/mol. The zero-order valence-corrected chi connectivity index (χ0v) is 30.1. The summed E-state index contributed by atoms with van der Waals surface area (Å²) >= 11 is 0. The van der Waals surface area contributed by atoms with Crippen molar-refractivity contribution in [1.82, 2.24) is 0 Å². The second-order valence-electron chi connectivity index (χ2n) is 14.2. The van der Waals surface area contributed by atoms with E-state index in [1.165, 1.54) is 44.0 Å². The Balaban J connectivity index is 1.77.